The summed E-state index contributed by atoms with van der Waals surface area (Å²) >= 11 is 0. The zero-order valence-corrected chi connectivity index (χ0v) is 9.47. The van der Waals surface area contributed by atoms with Gasteiger partial charge in [0, 0.05) is 24.1 Å². The minimum Gasteiger partial charge on any atom is -0.497 e. The number of aliphatic hydroxyl groups is 1. The van der Waals surface area contributed by atoms with Crippen molar-refractivity contribution in [1.29, 1.82) is 0 Å². The molecule has 0 spiro atoms. The molecule has 1 heterocycles. The lowest BCUT2D eigenvalue weighted by Gasteiger charge is -2.12. The van der Waals surface area contributed by atoms with Crippen molar-refractivity contribution >= 4 is 10.9 Å². The van der Waals surface area contributed by atoms with Crippen molar-refractivity contribution in [2.75, 3.05) is 13.7 Å². The average Bonchev–Trinajstić information content (AvgIpc) is 2.36. The molecule has 0 aliphatic rings. The lowest BCUT2D eigenvalue weighted by molar-refractivity contribution is 0.273. The second-order valence-corrected chi connectivity index (χ2v) is 3.87. The largest absolute Gasteiger partial charge is 0.497 e. The van der Waals surface area contributed by atoms with E-state index in [1.165, 1.54) is 0 Å². The molecule has 16 heavy (non-hydrogen) atoms. The fourth-order valence-electron chi connectivity index (χ4n) is 1.80. The van der Waals surface area contributed by atoms with Crippen LogP contribution in [-0.4, -0.2) is 23.8 Å². The molecule has 0 radical (unpaired) electrons. The Bertz CT molecular complexity index is 496. The summed E-state index contributed by atoms with van der Waals surface area (Å²) in [5.41, 5.74) is 2.03. The molecule has 0 unspecified atom stereocenters. The molecular weight excluding hydrogens is 202 g/mol. The highest BCUT2D eigenvalue weighted by atomic mass is 16.5. The zero-order chi connectivity index (χ0) is 11.5. The summed E-state index contributed by atoms with van der Waals surface area (Å²) in [6.45, 7) is 2.13. The van der Waals surface area contributed by atoms with Gasteiger partial charge in [-0.05, 0) is 29.8 Å². The Morgan fingerprint density at radius 2 is 2.19 bits per heavy atom. The molecule has 2 aromatic rings. The van der Waals surface area contributed by atoms with Crippen LogP contribution in [0.15, 0.2) is 30.5 Å². The van der Waals surface area contributed by atoms with E-state index >= 15 is 0 Å². The Hall–Kier alpha value is -1.61. The van der Waals surface area contributed by atoms with Gasteiger partial charge in [0.1, 0.15) is 5.75 Å². The summed E-state index contributed by atoms with van der Waals surface area (Å²) in [6, 6.07) is 7.73. The Morgan fingerprint density at radius 1 is 1.38 bits per heavy atom. The van der Waals surface area contributed by atoms with Gasteiger partial charge >= 0.3 is 0 Å². The molecule has 1 atom stereocenters. The minimum atomic E-state index is 0.109. The van der Waals surface area contributed by atoms with Gasteiger partial charge < -0.3 is 9.84 Å². The predicted octanol–water partition coefficient (Wildman–Crippen LogP) is 2.34. The van der Waals surface area contributed by atoms with Crippen LogP contribution < -0.4 is 4.74 Å². The van der Waals surface area contributed by atoms with E-state index in [1.807, 2.05) is 31.2 Å². The first kappa shape index (κ1) is 10.9. The summed E-state index contributed by atoms with van der Waals surface area (Å²) in [5.74, 6) is 0.921. The number of benzene rings is 1. The second kappa shape index (κ2) is 4.49. The maximum atomic E-state index is 9.22. The van der Waals surface area contributed by atoms with Crippen LogP contribution >= 0.6 is 0 Å². The van der Waals surface area contributed by atoms with E-state index in [1.54, 1.807) is 13.3 Å². The zero-order valence-electron chi connectivity index (χ0n) is 9.47. The van der Waals surface area contributed by atoms with Crippen LogP contribution in [0.5, 0.6) is 5.75 Å². The van der Waals surface area contributed by atoms with E-state index < -0.39 is 0 Å². The van der Waals surface area contributed by atoms with Gasteiger partial charge in [-0.15, -0.1) is 0 Å². The number of ether oxygens (including phenoxy) is 1. The van der Waals surface area contributed by atoms with Gasteiger partial charge in [-0.3, -0.25) is 4.98 Å². The van der Waals surface area contributed by atoms with Crippen LogP contribution in [0.4, 0.5) is 0 Å². The van der Waals surface area contributed by atoms with Gasteiger partial charge in [0.2, 0.25) is 0 Å². The third kappa shape index (κ3) is 1.86. The first-order valence-corrected chi connectivity index (χ1v) is 5.29. The van der Waals surface area contributed by atoms with Crippen molar-refractivity contribution in [3.63, 3.8) is 0 Å². The van der Waals surface area contributed by atoms with Crippen LogP contribution in [0.25, 0.3) is 10.9 Å². The Kier molecular flexibility index (Phi) is 3.06. The van der Waals surface area contributed by atoms with Crippen LogP contribution in [0.3, 0.4) is 0 Å². The summed E-state index contributed by atoms with van der Waals surface area (Å²) in [4.78, 5) is 4.30. The van der Waals surface area contributed by atoms with Crippen LogP contribution in [0, 0.1) is 0 Å². The lowest BCUT2D eigenvalue weighted by Crippen LogP contribution is -2.00. The molecule has 1 aromatic heterocycles. The topological polar surface area (TPSA) is 42.4 Å². The van der Waals surface area contributed by atoms with Gasteiger partial charge in [0.15, 0.2) is 0 Å². The van der Waals surface area contributed by atoms with Gasteiger partial charge in [0.05, 0.1) is 12.6 Å². The molecule has 84 valence electrons. The summed E-state index contributed by atoms with van der Waals surface area (Å²) in [6.07, 6.45) is 1.77. The van der Waals surface area contributed by atoms with Crippen molar-refractivity contribution < 1.29 is 9.84 Å². The molecule has 2 rings (SSSR count). The quantitative estimate of drug-likeness (QED) is 0.858. The normalized spacial score (nSPS) is 12.7. The average molecular weight is 217 g/mol. The molecular formula is C13H15NO2. The smallest absolute Gasteiger partial charge is 0.119 e. The van der Waals surface area contributed by atoms with Crippen LogP contribution in [0.2, 0.25) is 0 Å². The van der Waals surface area contributed by atoms with E-state index in [2.05, 4.69) is 4.98 Å². The molecule has 0 saturated carbocycles. The van der Waals surface area contributed by atoms with Gasteiger partial charge in [0.25, 0.3) is 0 Å². The predicted molar refractivity (Wildman–Crippen MR) is 63.8 cm³/mol. The molecule has 0 fully saturated rings. The van der Waals surface area contributed by atoms with E-state index in [-0.39, 0.29) is 12.5 Å². The number of nitrogens with zero attached hydrogens (tertiary/aromatic N) is 1. The Balaban J connectivity index is 2.64. The maximum absolute atomic E-state index is 9.22. The monoisotopic (exact) mass is 217 g/mol. The molecule has 3 nitrogen and oxygen atoms in total. The SMILES string of the molecule is COc1ccc2nccc([C@@H](C)CO)c2c1. The molecule has 0 saturated heterocycles. The van der Waals surface area contributed by atoms with Crippen LogP contribution in [-0.2, 0) is 0 Å². The van der Waals surface area contributed by atoms with E-state index in [0.717, 1.165) is 22.2 Å². The lowest BCUT2D eigenvalue weighted by atomic mass is 9.98. The van der Waals surface area contributed by atoms with E-state index in [4.69, 9.17) is 4.74 Å². The Morgan fingerprint density at radius 3 is 2.88 bits per heavy atom. The number of fused-ring (bicyclic) bond motifs is 1. The first-order valence-electron chi connectivity index (χ1n) is 5.29. The highest BCUT2D eigenvalue weighted by Gasteiger charge is 2.09. The number of methoxy groups -OCH3 is 1. The minimum absolute atomic E-state index is 0.109. The molecule has 0 amide bonds. The van der Waals surface area contributed by atoms with Gasteiger partial charge in [-0.2, -0.15) is 0 Å². The fraction of sp³-hybridized carbons (Fsp3) is 0.308. The number of aliphatic hydroxyl groups excluding tert-OH is 1. The molecule has 1 N–H and O–H groups in total. The van der Waals surface area contributed by atoms with Gasteiger partial charge in [-0.25, -0.2) is 0 Å². The summed E-state index contributed by atoms with van der Waals surface area (Å²) in [5, 5.41) is 10.3. The van der Waals surface area contributed by atoms with Crippen LogP contribution in [0.1, 0.15) is 18.4 Å². The third-order valence-corrected chi connectivity index (χ3v) is 2.79. The standard InChI is InChI=1S/C13H15NO2/c1-9(8-15)11-5-6-14-13-4-3-10(16-2)7-12(11)13/h3-7,9,15H,8H2,1-2H3/t9-/m0/s1. The molecule has 0 bridgehead atoms. The number of pyridine rings is 1. The van der Waals surface area contributed by atoms with Crippen molar-refractivity contribution in [1.82, 2.24) is 4.98 Å². The Labute approximate surface area is 94.7 Å². The van der Waals surface area contributed by atoms with Crippen molar-refractivity contribution in [2.24, 2.45) is 0 Å². The van der Waals surface area contributed by atoms with Crippen molar-refractivity contribution in [3.05, 3.63) is 36.0 Å². The second-order valence-electron chi connectivity index (χ2n) is 3.87. The van der Waals surface area contributed by atoms with Crippen molar-refractivity contribution in [2.45, 2.75) is 12.8 Å². The van der Waals surface area contributed by atoms with E-state index in [0.29, 0.717) is 0 Å². The number of rotatable bonds is 3. The molecule has 1 aromatic carbocycles. The number of hydrogen-bond acceptors (Lipinski definition) is 3. The third-order valence-electron chi connectivity index (χ3n) is 2.79. The van der Waals surface area contributed by atoms with Crippen molar-refractivity contribution in [3.8, 4) is 5.75 Å². The molecule has 3 heteroatoms. The summed E-state index contributed by atoms with van der Waals surface area (Å²) < 4.78 is 5.20. The van der Waals surface area contributed by atoms with Gasteiger partial charge in [-0.1, -0.05) is 6.92 Å². The highest BCUT2D eigenvalue weighted by molar-refractivity contribution is 5.84. The molecule has 0 aliphatic heterocycles. The number of hydrogen-bond donors (Lipinski definition) is 1. The fourth-order valence-corrected chi connectivity index (χ4v) is 1.80. The van der Waals surface area contributed by atoms with E-state index in [9.17, 15) is 5.11 Å². The molecule has 0 aliphatic carbocycles. The number of aromatic nitrogens is 1. The maximum Gasteiger partial charge on any atom is 0.119 e. The first-order chi connectivity index (χ1) is 7.76. The summed E-state index contributed by atoms with van der Waals surface area (Å²) in [7, 11) is 1.65. The highest BCUT2D eigenvalue weighted by Crippen LogP contribution is 2.27.